The number of esters is 1. The number of carbonyl (C=O) groups is 2. The van der Waals surface area contributed by atoms with Gasteiger partial charge in [-0.05, 0) is 31.2 Å². The molecule has 2 rings (SSSR count). The molecular weight excluding hydrogens is 336 g/mol. The van der Waals surface area contributed by atoms with Gasteiger partial charge in [0, 0.05) is 17.4 Å². The van der Waals surface area contributed by atoms with Gasteiger partial charge in [-0.15, -0.1) is 0 Å². The third kappa shape index (κ3) is 5.15. The number of hydrogen-bond acceptors (Lipinski definition) is 7. The first-order valence-electron chi connectivity index (χ1n) is 8.50. The Balaban J connectivity index is 1.86. The van der Waals surface area contributed by atoms with Gasteiger partial charge < -0.3 is 14.0 Å². The van der Waals surface area contributed by atoms with Gasteiger partial charge in [0.2, 0.25) is 0 Å². The van der Waals surface area contributed by atoms with Crippen LogP contribution in [-0.2, 0) is 14.9 Å². The van der Waals surface area contributed by atoms with Gasteiger partial charge >= 0.3 is 5.97 Å². The van der Waals surface area contributed by atoms with Crippen LogP contribution >= 0.6 is 0 Å². The molecule has 26 heavy (non-hydrogen) atoms. The summed E-state index contributed by atoms with van der Waals surface area (Å²) in [6, 6.07) is 6.63. The van der Waals surface area contributed by atoms with Gasteiger partial charge in [-0.1, -0.05) is 32.9 Å². The zero-order valence-electron chi connectivity index (χ0n) is 15.7. The number of rotatable bonds is 7. The van der Waals surface area contributed by atoms with Crippen LogP contribution in [0.25, 0.3) is 0 Å². The van der Waals surface area contributed by atoms with Crippen molar-refractivity contribution in [2.24, 2.45) is 0 Å². The van der Waals surface area contributed by atoms with E-state index in [2.05, 4.69) is 10.1 Å². The number of benzene rings is 1. The van der Waals surface area contributed by atoms with E-state index in [0.29, 0.717) is 23.6 Å². The van der Waals surface area contributed by atoms with Crippen LogP contribution < -0.4 is 4.74 Å². The molecule has 0 aliphatic heterocycles. The third-order valence-corrected chi connectivity index (χ3v) is 3.62. The van der Waals surface area contributed by atoms with Crippen molar-refractivity contribution >= 4 is 11.8 Å². The molecule has 0 bridgehead atoms. The number of Topliss-reactive ketones (excluding diaryl/α,β-unsaturated/α-hetero) is 1. The fourth-order valence-corrected chi connectivity index (χ4v) is 2.07. The summed E-state index contributed by atoms with van der Waals surface area (Å²) < 4.78 is 15.8. The molecule has 0 amide bonds. The summed E-state index contributed by atoms with van der Waals surface area (Å²) in [6.45, 7) is 9.09. The Morgan fingerprint density at radius 3 is 2.38 bits per heavy atom. The van der Waals surface area contributed by atoms with Crippen molar-refractivity contribution in [1.82, 2.24) is 10.1 Å². The van der Waals surface area contributed by atoms with Crippen molar-refractivity contribution in [3.05, 3.63) is 41.5 Å². The summed E-state index contributed by atoms with van der Waals surface area (Å²) >= 11 is 0. The fourth-order valence-electron chi connectivity index (χ4n) is 2.07. The largest absolute Gasteiger partial charge is 0.482 e. The van der Waals surface area contributed by atoms with Crippen molar-refractivity contribution < 1.29 is 23.6 Å². The zero-order valence-corrected chi connectivity index (χ0v) is 15.7. The minimum absolute atomic E-state index is 0.0546. The average Bonchev–Trinajstić information content (AvgIpc) is 3.10. The zero-order chi connectivity index (χ0) is 19.3. The molecule has 1 heterocycles. The van der Waals surface area contributed by atoms with Gasteiger partial charge in [-0.25, -0.2) is 4.79 Å². The highest BCUT2D eigenvalue weighted by molar-refractivity contribution is 5.95. The Hall–Kier alpha value is -2.70. The van der Waals surface area contributed by atoms with Crippen LogP contribution in [0.15, 0.2) is 28.8 Å². The van der Waals surface area contributed by atoms with Gasteiger partial charge in [-0.3, -0.25) is 4.79 Å². The Labute approximate surface area is 152 Å². The second kappa shape index (κ2) is 8.12. The highest BCUT2D eigenvalue weighted by Gasteiger charge is 2.24. The summed E-state index contributed by atoms with van der Waals surface area (Å²) in [5.41, 5.74) is 0.363. The molecule has 1 unspecified atom stereocenters. The Morgan fingerprint density at radius 1 is 1.19 bits per heavy atom. The molecular formula is C19H24N2O5. The van der Waals surface area contributed by atoms with Crippen LogP contribution in [-0.4, -0.2) is 28.5 Å². The smallest absolute Gasteiger partial charge is 0.344 e. The van der Waals surface area contributed by atoms with Crippen LogP contribution in [0, 0.1) is 0 Å². The van der Waals surface area contributed by atoms with Crippen LogP contribution in [0.4, 0.5) is 0 Å². The Bertz CT molecular complexity index is 759. The lowest BCUT2D eigenvalue weighted by molar-refractivity contribution is -0.152. The molecule has 0 saturated heterocycles. The van der Waals surface area contributed by atoms with E-state index in [1.165, 1.54) is 0 Å². The van der Waals surface area contributed by atoms with Crippen LogP contribution in [0.3, 0.4) is 0 Å². The number of aromatic nitrogens is 2. The second-order valence-electron chi connectivity index (χ2n) is 6.93. The van der Waals surface area contributed by atoms with Crippen molar-refractivity contribution in [2.75, 3.05) is 6.61 Å². The van der Waals surface area contributed by atoms with Crippen molar-refractivity contribution in [2.45, 2.75) is 52.6 Å². The molecule has 7 nitrogen and oxygen atoms in total. The Morgan fingerprint density at radius 2 is 1.85 bits per heavy atom. The lowest BCUT2D eigenvalue weighted by atomic mass is 9.96. The maximum atomic E-state index is 11.9. The van der Waals surface area contributed by atoms with Gasteiger partial charge in [-0.2, -0.15) is 4.98 Å². The van der Waals surface area contributed by atoms with Gasteiger partial charge in [0.25, 0.3) is 5.89 Å². The first-order valence-corrected chi connectivity index (χ1v) is 8.50. The third-order valence-electron chi connectivity index (χ3n) is 3.62. The van der Waals surface area contributed by atoms with Crippen molar-refractivity contribution in [1.29, 1.82) is 0 Å². The first kappa shape index (κ1) is 19.6. The summed E-state index contributed by atoms with van der Waals surface area (Å²) in [5.74, 6) is 0.773. The maximum Gasteiger partial charge on any atom is 0.344 e. The van der Waals surface area contributed by atoms with E-state index < -0.39 is 12.1 Å². The Kier molecular flexibility index (Phi) is 6.13. The highest BCUT2D eigenvalue weighted by atomic mass is 16.6. The molecule has 7 heteroatoms. The molecule has 0 N–H and O–H groups in total. The second-order valence-corrected chi connectivity index (χ2v) is 6.93. The van der Waals surface area contributed by atoms with E-state index in [1.807, 2.05) is 20.8 Å². The summed E-state index contributed by atoms with van der Waals surface area (Å²) in [5, 5.41) is 3.90. The number of ether oxygens (including phenoxy) is 2. The number of carbonyl (C=O) groups excluding carboxylic acids is 2. The predicted octanol–water partition coefficient (Wildman–Crippen LogP) is 3.64. The lowest BCUT2D eigenvalue weighted by Gasteiger charge is -2.12. The summed E-state index contributed by atoms with van der Waals surface area (Å²) in [4.78, 5) is 27.8. The van der Waals surface area contributed by atoms with E-state index in [0.717, 1.165) is 0 Å². The molecule has 0 spiro atoms. The molecule has 1 atom stereocenters. The topological polar surface area (TPSA) is 91.5 Å². The van der Waals surface area contributed by atoms with E-state index in [4.69, 9.17) is 14.0 Å². The summed E-state index contributed by atoms with van der Waals surface area (Å²) in [6.07, 6.45) is -0.226. The number of ketones is 1. The normalized spacial score (nSPS) is 12.5. The standard InChI is InChI=1S/C19H24N2O5/c1-6-15(22)13-7-9-14(10-8-13)24-11-16(23)25-12(2)17-20-18(21-26-17)19(3,4)5/h7-10,12H,6,11H2,1-5H3. The molecule has 0 saturated carbocycles. The van der Waals surface area contributed by atoms with Gasteiger partial charge in [0.15, 0.2) is 24.3 Å². The van der Waals surface area contributed by atoms with Crippen LogP contribution in [0.2, 0.25) is 0 Å². The summed E-state index contributed by atoms with van der Waals surface area (Å²) in [7, 11) is 0. The minimum atomic E-state index is -0.667. The SMILES string of the molecule is CCC(=O)c1ccc(OCC(=O)OC(C)c2nc(C(C)(C)C)no2)cc1. The monoisotopic (exact) mass is 360 g/mol. The van der Waals surface area contributed by atoms with Gasteiger partial charge in [0.1, 0.15) is 5.75 Å². The molecule has 0 radical (unpaired) electrons. The number of nitrogens with zero attached hydrogens (tertiary/aromatic N) is 2. The maximum absolute atomic E-state index is 11.9. The molecule has 2 aromatic rings. The molecule has 140 valence electrons. The minimum Gasteiger partial charge on any atom is -0.482 e. The van der Waals surface area contributed by atoms with Crippen molar-refractivity contribution in [3.63, 3.8) is 0 Å². The van der Waals surface area contributed by atoms with Gasteiger partial charge in [0.05, 0.1) is 0 Å². The fraction of sp³-hybridized carbons (Fsp3) is 0.474. The molecule has 0 aliphatic rings. The predicted molar refractivity (Wildman–Crippen MR) is 94.1 cm³/mol. The van der Waals surface area contributed by atoms with E-state index in [9.17, 15) is 9.59 Å². The number of hydrogen-bond donors (Lipinski definition) is 0. The quantitative estimate of drug-likeness (QED) is 0.550. The van der Waals surface area contributed by atoms with E-state index >= 15 is 0 Å². The van der Waals surface area contributed by atoms with Crippen LogP contribution in [0.1, 0.15) is 69.2 Å². The lowest BCUT2D eigenvalue weighted by Crippen LogP contribution is -2.17. The molecule has 1 aromatic heterocycles. The van der Waals surface area contributed by atoms with E-state index in [-0.39, 0.29) is 23.7 Å². The van der Waals surface area contributed by atoms with Crippen LogP contribution in [0.5, 0.6) is 5.75 Å². The molecule has 0 fully saturated rings. The van der Waals surface area contributed by atoms with E-state index in [1.54, 1.807) is 38.1 Å². The average molecular weight is 360 g/mol. The first-order chi connectivity index (χ1) is 12.2. The highest BCUT2D eigenvalue weighted by Crippen LogP contribution is 2.22. The molecule has 0 aliphatic carbocycles. The molecule has 1 aromatic carbocycles. The van der Waals surface area contributed by atoms with Crippen molar-refractivity contribution in [3.8, 4) is 5.75 Å².